The zero-order valence-corrected chi connectivity index (χ0v) is 10.6. The second-order valence-electron chi connectivity index (χ2n) is 3.98. The lowest BCUT2D eigenvalue weighted by atomic mass is 10.1. The minimum atomic E-state index is -0.939. The molecule has 0 heterocycles. The number of nitrogens with one attached hydrogen (secondary N) is 1. The summed E-state index contributed by atoms with van der Waals surface area (Å²) in [5.74, 6) is -1.03. The van der Waals surface area contributed by atoms with Gasteiger partial charge in [0.2, 0.25) is 5.91 Å². The highest BCUT2D eigenvalue weighted by molar-refractivity contribution is 5.92. The number of allylic oxidation sites excluding steroid dienone is 1. The fourth-order valence-electron chi connectivity index (χ4n) is 1.45. The SMILES string of the molecule is CC=C(C)C(=O)NCCc1cccc(C(=O)O)c1. The summed E-state index contributed by atoms with van der Waals surface area (Å²) in [6, 6.07) is 6.73. The molecule has 1 rings (SSSR count). The summed E-state index contributed by atoms with van der Waals surface area (Å²) in [5, 5.41) is 11.6. The van der Waals surface area contributed by atoms with Gasteiger partial charge in [0.25, 0.3) is 0 Å². The predicted molar refractivity (Wildman–Crippen MR) is 69.5 cm³/mol. The topological polar surface area (TPSA) is 66.4 Å². The molecule has 0 aliphatic rings. The standard InChI is InChI=1S/C14H17NO3/c1-3-10(2)13(16)15-8-7-11-5-4-6-12(9-11)14(17)18/h3-6,9H,7-8H2,1-2H3,(H,15,16)(H,17,18). The molecule has 0 bridgehead atoms. The summed E-state index contributed by atoms with van der Waals surface area (Å²) >= 11 is 0. The summed E-state index contributed by atoms with van der Waals surface area (Å²) < 4.78 is 0. The van der Waals surface area contributed by atoms with Gasteiger partial charge < -0.3 is 10.4 Å². The first-order valence-electron chi connectivity index (χ1n) is 5.78. The van der Waals surface area contributed by atoms with Crippen molar-refractivity contribution < 1.29 is 14.7 Å². The lowest BCUT2D eigenvalue weighted by molar-refractivity contribution is -0.117. The van der Waals surface area contributed by atoms with Gasteiger partial charge in [-0.25, -0.2) is 4.79 Å². The third-order valence-electron chi connectivity index (χ3n) is 2.66. The van der Waals surface area contributed by atoms with E-state index in [2.05, 4.69) is 5.32 Å². The Morgan fingerprint density at radius 2 is 2.11 bits per heavy atom. The molecule has 1 amide bonds. The van der Waals surface area contributed by atoms with Crippen LogP contribution >= 0.6 is 0 Å². The van der Waals surface area contributed by atoms with Crippen molar-refractivity contribution >= 4 is 11.9 Å². The van der Waals surface area contributed by atoms with Gasteiger partial charge in [-0.2, -0.15) is 0 Å². The molecule has 0 spiro atoms. The van der Waals surface area contributed by atoms with E-state index in [1.165, 1.54) is 0 Å². The fourth-order valence-corrected chi connectivity index (χ4v) is 1.45. The number of rotatable bonds is 5. The molecule has 0 radical (unpaired) electrons. The van der Waals surface area contributed by atoms with Crippen LogP contribution in [0.5, 0.6) is 0 Å². The minimum absolute atomic E-state index is 0.0908. The zero-order chi connectivity index (χ0) is 13.5. The van der Waals surface area contributed by atoms with Crippen LogP contribution in [0.25, 0.3) is 0 Å². The third kappa shape index (κ3) is 4.05. The third-order valence-corrected chi connectivity index (χ3v) is 2.66. The molecule has 0 aliphatic carbocycles. The first-order valence-corrected chi connectivity index (χ1v) is 5.78. The van der Waals surface area contributed by atoms with E-state index in [4.69, 9.17) is 5.11 Å². The van der Waals surface area contributed by atoms with Crippen molar-refractivity contribution in [2.45, 2.75) is 20.3 Å². The maximum Gasteiger partial charge on any atom is 0.335 e. The van der Waals surface area contributed by atoms with E-state index in [-0.39, 0.29) is 11.5 Å². The molecule has 0 aromatic heterocycles. The Kier molecular flexibility index (Phi) is 5.11. The van der Waals surface area contributed by atoms with Gasteiger partial charge in [0.1, 0.15) is 0 Å². The molecule has 18 heavy (non-hydrogen) atoms. The number of carbonyl (C=O) groups excluding carboxylic acids is 1. The molecule has 0 saturated heterocycles. The van der Waals surface area contributed by atoms with E-state index in [9.17, 15) is 9.59 Å². The summed E-state index contributed by atoms with van der Waals surface area (Å²) in [6.45, 7) is 4.05. The molecule has 1 aromatic rings. The Labute approximate surface area is 106 Å². The van der Waals surface area contributed by atoms with E-state index < -0.39 is 5.97 Å². The van der Waals surface area contributed by atoms with Crippen LogP contribution in [0.15, 0.2) is 35.9 Å². The van der Waals surface area contributed by atoms with Crippen molar-refractivity contribution in [1.82, 2.24) is 5.32 Å². The molecule has 4 heteroatoms. The molecule has 0 saturated carbocycles. The molecule has 1 aromatic carbocycles. The normalized spacial score (nSPS) is 11.1. The van der Waals surface area contributed by atoms with Crippen LogP contribution in [0.3, 0.4) is 0 Å². The smallest absolute Gasteiger partial charge is 0.335 e. The first-order chi connectivity index (χ1) is 8.54. The van der Waals surface area contributed by atoms with Gasteiger partial charge in [0, 0.05) is 12.1 Å². The van der Waals surface area contributed by atoms with Crippen LogP contribution < -0.4 is 5.32 Å². The van der Waals surface area contributed by atoms with Crippen molar-refractivity contribution in [3.8, 4) is 0 Å². The highest BCUT2D eigenvalue weighted by Crippen LogP contribution is 2.05. The molecule has 0 aliphatic heterocycles. The average Bonchev–Trinajstić information content (AvgIpc) is 2.38. The second kappa shape index (κ2) is 6.59. The lowest BCUT2D eigenvalue weighted by Crippen LogP contribution is -2.26. The van der Waals surface area contributed by atoms with Crippen LogP contribution in [0.2, 0.25) is 0 Å². The quantitative estimate of drug-likeness (QED) is 0.782. The van der Waals surface area contributed by atoms with Crippen LogP contribution in [0.1, 0.15) is 29.8 Å². The zero-order valence-electron chi connectivity index (χ0n) is 10.6. The number of carboxylic acid groups (broad SMARTS) is 1. The molecule has 0 atom stereocenters. The Morgan fingerprint density at radius 1 is 1.39 bits per heavy atom. The molecule has 96 valence electrons. The molecular formula is C14H17NO3. The van der Waals surface area contributed by atoms with Crippen molar-refractivity contribution in [3.05, 3.63) is 47.0 Å². The van der Waals surface area contributed by atoms with Gasteiger partial charge in [-0.05, 0) is 38.0 Å². The summed E-state index contributed by atoms with van der Waals surface area (Å²) in [7, 11) is 0. The van der Waals surface area contributed by atoms with E-state index >= 15 is 0 Å². The number of hydrogen-bond donors (Lipinski definition) is 2. The van der Waals surface area contributed by atoms with Crippen LogP contribution in [-0.2, 0) is 11.2 Å². The Balaban J connectivity index is 2.52. The fraction of sp³-hybridized carbons (Fsp3) is 0.286. The van der Waals surface area contributed by atoms with Gasteiger partial charge in [-0.1, -0.05) is 18.2 Å². The maximum absolute atomic E-state index is 11.5. The molecule has 0 unspecified atom stereocenters. The number of hydrogen-bond acceptors (Lipinski definition) is 2. The average molecular weight is 247 g/mol. The number of aromatic carboxylic acids is 1. The Bertz CT molecular complexity index is 478. The van der Waals surface area contributed by atoms with Crippen molar-refractivity contribution in [3.63, 3.8) is 0 Å². The number of carbonyl (C=O) groups is 2. The predicted octanol–water partition coefficient (Wildman–Crippen LogP) is 2.01. The van der Waals surface area contributed by atoms with Gasteiger partial charge in [-0.3, -0.25) is 4.79 Å². The monoisotopic (exact) mass is 247 g/mol. The Hall–Kier alpha value is -2.10. The number of benzene rings is 1. The van der Waals surface area contributed by atoms with Crippen molar-refractivity contribution in [1.29, 1.82) is 0 Å². The van der Waals surface area contributed by atoms with E-state index in [1.807, 2.05) is 13.0 Å². The van der Waals surface area contributed by atoms with Gasteiger partial charge in [-0.15, -0.1) is 0 Å². The summed E-state index contributed by atoms with van der Waals surface area (Å²) in [5.41, 5.74) is 1.84. The maximum atomic E-state index is 11.5. The lowest BCUT2D eigenvalue weighted by Gasteiger charge is -2.06. The summed E-state index contributed by atoms with van der Waals surface area (Å²) in [6.07, 6.45) is 2.37. The van der Waals surface area contributed by atoms with E-state index in [1.54, 1.807) is 31.2 Å². The van der Waals surface area contributed by atoms with E-state index in [0.29, 0.717) is 18.5 Å². The molecule has 4 nitrogen and oxygen atoms in total. The summed E-state index contributed by atoms with van der Waals surface area (Å²) in [4.78, 5) is 22.3. The van der Waals surface area contributed by atoms with Crippen LogP contribution in [0, 0.1) is 0 Å². The Morgan fingerprint density at radius 3 is 2.72 bits per heavy atom. The molecule has 0 fully saturated rings. The molecular weight excluding hydrogens is 230 g/mol. The van der Waals surface area contributed by atoms with Gasteiger partial charge in [0.15, 0.2) is 0 Å². The van der Waals surface area contributed by atoms with Crippen LogP contribution in [-0.4, -0.2) is 23.5 Å². The van der Waals surface area contributed by atoms with Crippen LogP contribution in [0.4, 0.5) is 0 Å². The molecule has 2 N–H and O–H groups in total. The number of amides is 1. The van der Waals surface area contributed by atoms with Crippen molar-refractivity contribution in [2.75, 3.05) is 6.54 Å². The van der Waals surface area contributed by atoms with E-state index in [0.717, 1.165) is 5.56 Å². The van der Waals surface area contributed by atoms with Crippen molar-refractivity contribution in [2.24, 2.45) is 0 Å². The first kappa shape index (κ1) is 14.0. The second-order valence-corrected chi connectivity index (χ2v) is 3.98. The highest BCUT2D eigenvalue weighted by Gasteiger charge is 2.04. The van der Waals surface area contributed by atoms with Gasteiger partial charge in [0.05, 0.1) is 5.56 Å². The largest absolute Gasteiger partial charge is 0.478 e. The highest BCUT2D eigenvalue weighted by atomic mass is 16.4. The minimum Gasteiger partial charge on any atom is -0.478 e. The van der Waals surface area contributed by atoms with Gasteiger partial charge >= 0.3 is 5.97 Å². The number of carboxylic acids is 1.